The summed E-state index contributed by atoms with van der Waals surface area (Å²) in [5.41, 5.74) is 1.90. The van der Waals surface area contributed by atoms with Gasteiger partial charge in [-0.1, -0.05) is 19.1 Å². The van der Waals surface area contributed by atoms with Gasteiger partial charge in [0.25, 0.3) is 5.91 Å². The highest BCUT2D eigenvalue weighted by Crippen LogP contribution is 2.29. The number of anilines is 3. The Hall–Kier alpha value is -3.13. The smallest absolute Gasteiger partial charge is 0.323 e. The molecule has 1 unspecified atom stereocenters. The highest BCUT2D eigenvalue weighted by molar-refractivity contribution is 6.04. The molecule has 3 amide bonds. The summed E-state index contributed by atoms with van der Waals surface area (Å²) >= 11 is 0. The van der Waals surface area contributed by atoms with Crippen LogP contribution >= 0.6 is 0 Å². The second kappa shape index (κ2) is 10.7. The monoisotopic (exact) mass is 454 g/mol. The largest absolute Gasteiger partial charge is 0.376 e. The molecule has 0 spiro atoms. The second-order valence-corrected chi connectivity index (χ2v) is 8.81. The molecule has 1 atom stereocenters. The van der Waals surface area contributed by atoms with Crippen LogP contribution in [0.3, 0.4) is 0 Å². The number of nitrogens with zero attached hydrogens (tertiary/aromatic N) is 1. The molecule has 2 aliphatic heterocycles. The van der Waals surface area contributed by atoms with Gasteiger partial charge in [-0.2, -0.15) is 0 Å². The van der Waals surface area contributed by atoms with E-state index in [1.165, 1.54) is 12.1 Å². The van der Waals surface area contributed by atoms with E-state index in [1.54, 1.807) is 24.3 Å². The average Bonchev–Trinajstić information content (AvgIpc) is 3.33. The van der Waals surface area contributed by atoms with Crippen LogP contribution < -0.4 is 20.9 Å². The molecular weight excluding hydrogens is 423 g/mol. The lowest BCUT2D eigenvalue weighted by molar-refractivity contribution is 0.0858. The van der Waals surface area contributed by atoms with Crippen molar-refractivity contribution in [3.8, 4) is 0 Å². The molecule has 0 bridgehead atoms. The standard InChI is InChI=1S/C25H31FN4O3/c1-17-10-12-30(13-11-17)23-9-8-18(28-25(32)29-22-7-3-2-6-21(22)26)15-20(23)24(31)27-16-19-5-4-14-33-19/h2-3,6-9,15,17,19H,4-5,10-14,16H2,1H3,(H,27,31)(H2,28,29,32). The van der Waals surface area contributed by atoms with Gasteiger partial charge >= 0.3 is 6.03 Å². The fraction of sp³-hybridized carbons (Fsp3) is 0.440. The molecule has 176 valence electrons. The summed E-state index contributed by atoms with van der Waals surface area (Å²) in [4.78, 5) is 27.8. The predicted molar refractivity (Wildman–Crippen MR) is 127 cm³/mol. The predicted octanol–water partition coefficient (Wildman–Crippen LogP) is 4.61. The first-order valence-electron chi connectivity index (χ1n) is 11.6. The molecular formula is C25H31FN4O3. The first-order chi connectivity index (χ1) is 16.0. The van der Waals surface area contributed by atoms with Crippen LogP contribution in [0.4, 0.5) is 26.2 Å². The molecule has 2 aromatic rings. The van der Waals surface area contributed by atoms with Crippen molar-refractivity contribution in [1.82, 2.24) is 5.32 Å². The van der Waals surface area contributed by atoms with E-state index in [2.05, 4.69) is 27.8 Å². The Morgan fingerprint density at radius 3 is 2.61 bits per heavy atom. The third-order valence-electron chi connectivity index (χ3n) is 6.26. The zero-order chi connectivity index (χ0) is 23.2. The van der Waals surface area contributed by atoms with Crippen molar-refractivity contribution in [2.45, 2.75) is 38.7 Å². The summed E-state index contributed by atoms with van der Waals surface area (Å²) in [6, 6.07) is 10.7. The number of benzene rings is 2. The minimum absolute atomic E-state index is 0.0427. The van der Waals surface area contributed by atoms with Crippen molar-refractivity contribution in [3.63, 3.8) is 0 Å². The van der Waals surface area contributed by atoms with Crippen molar-refractivity contribution in [3.05, 3.63) is 53.8 Å². The van der Waals surface area contributed by atoms with E-state index < -0.39 is 11.8 Å². The average molecular weight is 455 g/mol. The van der Waals surface area contributed by atoms with E-state index in [0.29, 0.717) is 23.7 Å². The summed E-state index contributed by atoms with van der Waals surface area (Å²) in [7, 11) is 0. The summed E-state index contributed by atoms with van der Waals surface area (Å²) in [6.07, 6.45) is 4.13. The number of halogens is 1. The molecule has 0 aliphatic carbocycles. The number of piperidine rings is 1. The van der Waals surface area contributed by atoms with Crippen molar-refractivity contribution in [2.24, 2.45) is 5.92 Å². The molecule has 0 saturated carbocycles. The number of nitrogens with one attached hydrogen (secondary N) is 3. The Bertz CT molecular complexity index is 985. The second-order valence-electron chi connectivity index (χ2n) is 8.81. The lowest BCUT2D eigenvalue weighted by atomic mass is 9.97. The normalized spacial score (nSPS) is 18.7. The van der Waals surface area contributed by atoms with Crippen LogP contribution in [0.15, 0.2) is 42.5 Å². The lowest BCUT2D eigenvalue weighted by Crippen LogP contribution is -2.36. The first-order valence-corrected chi connectivity index (χ1v) is 11.6. The number of carbonyl (C=O) groups is 2. The van der Waals surface area contributed by atoms with E-state index >= 15 is 0 Å². The van der Waals surface area contributed by atoms with Crippen molar-refractivity contribution < 1.29 is 18.7 Å². The van der Waals surface area contributed by atoms with Crippen molar-refractivity contribution in [2.75, 3.05) is 41.8 Å². The first kappa shape index (κ1) is 23.0. The van der Waals surface area contributed by atoms with Crippen LogP contribution in [0, 0.1) is 11.7 Å². The number of para-hydroxylation sites is 1. The van der Waals surface area contributed by atoms with E-state index in [-0.39, 0.29) is 17.7 Å². The zero-order valence-corrected chi connectivity index (χ0v) is 18.9. The fourth-order valence-electron chi connectivity index (χ4n) is 4.28. The molecule has 0 radical (unpaired) electrons. The summed E-state index contributed by atoms with van der Waals surface area (Å²) in [6.45, 7) is 5.20. The number of hydrogen-bond donors (Lipinski definition) is 3. The van der Waals surface area contributed by atoms with Crippen LogP contribution in [0.1, 0.15) is 43.0 Å². The van der Waals surface area contributed by atoms with Gasteiger partial charge in [0.1, 0.15) is 5.82 Å². The van der Waals surface area contributed by atoms with Gasteiger partial charge in [-0.05, 0) is 61.9 Å². The molecule has 2 aliphatic rings. The van der Waals surface area contributed by atoms with Gasteiger partial charge in [-0.3, -0.25) is 4.79 Å². The Labute approximate surface area is 193 Å². The lowest BCUT2D eigenvalue weighted by Gasteiger charge is -2.33. The van der Waals surface area contributed by atoms with Crippen LogP contribution in [-0.4, -0.2) is 44.3 Å². The van der Waals surface area contributed by atoms with Crippen LogP contribution in [0.5, 0.6) is 0 Å². The van der Waals surface area contributed by atoms with Crippen LogP contribution in [0.2, 0.25) is 0 Å². The maximum atomic E-state index is 13.8. The third kappa shape index (κ3) is 6.01. The number of hydrogen-bond acceptors (Lipinski definition) is 4. The zero-order valence-electron chi connectivity index (χ0n) is 18.9. The highest BCUT2D eigenvalue weighted by atomic mass is 19.1. The highest BCUT2D eigenvalue weighted by Gasteiger charge is 2.23. The third-order valence-corrected chi connectivity index (χ3v) is 6.26. The molecule has 8 heteroatoms. The van der Waals surface area contributed by atoms with Crippen LogP contribution in [-0.2, 0) is 4.74 Å². The SMILES string of the molecule is CC1CCN(c2ccc(NC(=O)Nc3ccccc3F)cc2C(=O)NCC2CCCO2)CC1. The molecule has 4 rings (SSSR count). The van der Waals surface area contributed by atoms with E-state index in [1.807, 2.05) is 6.07 Å². The molecule has 0 aromatic heterocycles. The number of urea groups is 1. The van der Waals surface area contributed by atoms with E-state index in [0.717, 1.165) is 51.1 Å². The molecule has 2 aromatic carbocycles. The fourth-order valence-corrected chi connectivity index (χ4v) is 4.28. The minimum atomic E-state index is -0.578. The van der Waals surface area contributed by atoms with Gasteiger partial charge in [0.05, 0.1) is 17.4 Å². The number of amides is 3. The van der Waals surface area contributed by atoms with Gasteiger partial charge in [0, 0.05) is 37.6 Å². The van der Waals surface area contributed by atoms with Crippen LogP contribution in [0.25, 0.3) is 0 Å². The topological polar surface area (TPSA) is 82.7 Å². The Morgan fingerprint density at radius 1 is 1.09 bits per heavy atom. The van der Waals surface area contributed by atoms with Crippen molar-refractivity contribution >= 4 is 29.0 Å². The Balaban J connectivity index is 1.50. The Morgan fingerprint density at radius 2 is 1.88 bits per heavy atom. The van der Waals surface area contributed by atoms with Gasteiger partial charge < -0.3 is 25.6 Å². The van der Waals surface area contributed by atoms with E-state index in [9.17, 15) is 14.0 Å². The number of carbonyl (C=O) groups excluding carboxylic acids is 2. The molecule has 2 heterocycles. The summed E-state index contributed by atoms with van der Waals surface area (Å²) < 4.78 is 19.5. The Kier molecular flexibility index (Phi) is 7.44. The molecule has 7 nitrogen and oxygen atoms in total. The van der Waals surface area contributed by atoms with Gasteiger partial charge in [-0.25, -0.2) is 9.18 Å². The number of ether oxygens (including phenoxy) is 1. The van der Waals surface area contributed by atoms with Gasteiger partial charge in [0.15, 0.2) is 0 Å². The van der Waals surface area contributed by atoms with Crippen molar-refractivity contribution in [1.29, 1.82) is 0 Å². The summed E-state index contributed by atoms with van der Waals surface area (Å²) in [5.74, 6) is -0.0464. The minimum Gasteiger partial charge on any atom is -0.376 e. The number of rotatable bonds is 6. The maximum absolute atomic E-state index is 13.8. The molecule has 2 saturated heterocycles. The molecule has 3 N–H and O–H groups in total. The quantitative estimate of drug-likeness (QED) is 0.595. The summed E-state index contributed by atoms with van der Waals surface area (Å²) in [5, 5.41) is 8.20. The van der Waals surface area contributed by atoms with E-state index in [4.69, 9.17) is 4.74 Å². The molecule has 2 fully saturated rings. The van der Waals surface area contributed by atoms with Gasteiger partial charge in [-0.15, -0.1) is 0 Å². The van der Waals surface area contributed by atoms with Gasteiger partial charge in [0.2, 0.25) is 0 Å². The molecule has 33 heavy (non-hydrogen) atoms. The maximum Gasteiger partial charge on any atom is 0.323 e.